The number of rotatable bonds is 1. The first-order valence-corrected chi connectivity index (χ1v) is 9.46. The number of fused-ring (bicyclic) bond motifs is 3. The molecule has 106 valence electrons. The van der Waals surface area contributed by atoms with Gasteiger partial charge in [0.05, 0.1) is 10.3 Å². The monoisotopic (exact) mass is 319 g/mol. The molecule has 3 atom stereocenters. The summed E-state index contributed by atoms with van der Waals surface area (Å²) in [4.78, 5) is 2.36. The SMILES string of the molecule is C[C@H]1CN(C)C2CSc3sc(S(N)(=O)=O)cc3[C@H]2N1. The van der Waals surface area contributed by atoms with Crippen molar-refractivity contribution in [2.24, 2.45) is 5.14 Å². The maximum atomic E-state index is 11.5. The highest BCUT2D eigenvalue weighted by Gasteiger charge is 2.39. The second-order valence-electron chi connectivity index (χ2n) is 5.22. The summed E-state index contributed by atoms with van der Waals surface area (Å²) in [6.07, 6.45) is 0. The first-order valence-electron chi connectivity index (χ1n) is 6.12. The van der Waals surface area contributed by atoms with Gasteiger partial charge in [-0.1, -0.05) is 0 Å². The van der Waals surface area contributed by atoms with E-state index in [1.807, 2.05) is 0 Å². The summed E-state index contributed by atoms with van der Waals surface area (Å²) in [5, 5.41) is 8.82. The maximum Gasteiger partial charge on any atom is 0.247 e. The van der Waals surface area contributed by atoms with Crippen molar-refractivity contribution in [2.45, 2.75) is 33.5 Å². The topological polar surface area (TPSA) is 75.4 Å². The van der Waals surface area contributed by atoms with Crippen LogP contribution in [0.1, 0.15) is 18.5 Å². The highest BCUT2D eigenvalue weighted by atomic mass is 32.3. The van der Waals surface area contributed by atoms with Gasteiger partial charge in [-0.15, -0.1) is 23.1 Å². The molecule has 2 aliphatic heterocycles. The Morgan fingerprint density at radius 3 is 2.95 bits per heavy atom. The summed E-state index contributed by atoms with van der Waals surface area (Å²) < 4.78 is 24.3. The molecule has 0 amide bonds. The molecule has 0 bridgehead atoms. The van der Waals surface area contributed by atoms with Crippen LogP contribution in [-0.4, -0.2) is 44.7 Å². The predicted molar refractivity (Wildman–Crippen MR) is 78.2 cm³/mol. The number of thioether (sulfide) groups is 1. The standard InChI is InChI=1S/C11H17N3O2S3/c1-6-4-14(2)8-5-17-11-7(10(8)13-6)3-9(18-11)19(12,15)16/h3,6,8,10,13H,4-5H2,1-2H3,(H2,12,15,16)/t6-,8?,10+/m0/s1. The summed E-state index contributed by atoms with van der Waals surface area (Å²) in [6, 6.07) is 2.77. The number of likely N-dealkylation sites (N-methyl/N-ethyl adjacent to an activating group) is 1. The lowest BCUT2D eigenvalue weighted by atomic mass is 9.97. The van der Waals surface area contributed by atoms with Crippen LogP contribution in [0.2, 0.25) is 0 Å². The number of thiophene rings is 1. The van der Waals surface area contributed by atoms with E-state index >= 15 is 0 Å². The average Bonchev–Trinajstić information content (AvgIpc) is 2.72. The Morgan fingerprint density at radius 2 is 2.26 bits per heavy atom. The molecule has 2 aliphatic rings. The molecule has 1 fully saturated rings. The second-order valence-corrected chi connectivity index (χ2v) is 9.35. The Morgan fingerprint density at radius 1 is 1.53 bits per heavy atom. The van der Waals surface area contributed by atoms with E-state index < -0.39 is 10.0 Å². The number of piperazine rings is 1. The number of hydrogen-bond donors (Lipinski definition) is 2. The normalized spacial score (nSPS) is 31.8. The molecular formula is C11H17N3O2S3. The van der Waals surface area contributed by atoms with Crippen molar-refractivity contribution in [1.82, 2.24) is 10.2 Å². The summed E-state index contributed by atoms with van der Waals surface area (Å²) in [6.45, 7) is 3.17. The minimum Gasteiger partial charge on any atom is -0.305 e. The molecule has 5 nitrogen and oxygen atoms in total. The number of nitrogens with one attached hydrogen (secondary N) is 1. The summed E-state index contributed by atoms with van der Waals surface area (Å²) in [5.74, 6) is 0.985. The van der Waals surface area contributed by atoms with E-state index in [1.165, 1.54) is 11.3 Å². The van der Waals surface area contributed by atoms with Crippen LogP contribution in [0.5, 0.6) is 0 Å². The molecule has 3 heterocycles. The lowest BCUT2D eigenvalue weighted by Crippen LogP contribution is -2.57. The van der Waals surface area contributed by atoms with Crippen LogP contribution in [0.15, 0.2) is 14.5 Å². The fourth-order valence-corrected chi connectivity index (χ4v) is 6.48. The predicted octanol–water partition coefficient (Wildman–Crippen LogP) is 0.834. The Bertz CT molecular complexity index is 598. The van der Waals surface area contributed by atoms with Crippen molar-refractivity contribution in [3.63, 3.8) is 0 Å². The van der Waals surface area contributed by atoms with E-state index in [0.29, 0.717) is 12.1 Å². The van der Waals surface area contributed by atoms with Gasteiger partial charge >= 0.3 is 0 Å². The Hall–Kier alpha value is -0.120. The van der Waals surface area contributed by atoms with Gasteiger partial charge in [-0.3, -0.25) is 4.90 Å². The van der Waals surface area contributed by atoms with Gasteiger partial charge in [-0.25, -0.2) is 13.6 Å². The summed E-state index contributed by atoms with van der Waals surface area (Å²) >= 11 is 3.03. The molecule has 1 aromatic rings. The molecule has 0 aliphatic carbocycles. The maximum absolute atomic E-state index is 11.5. The Kier molecular flexibility index (Phi) is 3.43. The van der Waals surface area contributed by atoms with Crippen LogP contribution in [-0.2, 0) is 10.0 Å². The van der Waals surface area contributed by atoms with Crippen molar-refractivity contribution >= 4 is 33.1 Å². The van der Waals surface area contributed by atoms with Gasteiger partial charge in [0.2, 0.25) is 10.0 Å². The molecule has 0 spiro atoms. The smallest absolute Gasteiger partial charge is 0.247 e. The molecular weight excluding hydrogens is 302 g/mol. The minimum absolute atomic E-state index is 0.205. The zero-order chi connectivity index (χ0) is 13.8. The Balaban J connectivity index is 2.02. The third-order valence-electron chi connectivity index (χ3n) is 3.68. The van der Waals surface area contributed by atoms with Gasteiger partial charge in [0.1, 0.15) is 4.21 Å². The highest BCUT2D eigenvalue weighted by Crippen LogP contribution is 2.45. The van der Waals surface area contributed by atoms with Crippen molar-refractivity contribution in [3.8, 4) is 0 Å². The van der Waals surface area contributed by atoms with E-state index in [0.717, 1.165) is 22.1 Å². The lowest BCUT2D eigenvalue weighted by molar-refractivity contribution is 0.134. The van der Waals surface area contributed by atoms with E-state index in [2.05, 4.69) is 24.2 Å². The molecule has 0 aromatic carbocycles. The van der Waals surface area contributed by atoms with Crippen LogP contribution in [0, 0.1) is 0 Å². The van der Waals surface area contributed by atoms with E-state index in [9.17, 15) is 8.42 Å². The van der Waals surface area contributed by atoms with Gasteiger partial charge in [0.15, 0.2) is 0 Å². The van der Waals surface area contributed by atoms with E-state index in [1.54, 1.807) is 17.8 Å². The number of hydrogen-bond acceptors (Lipinski definition) is 6. The van der Waals surface area contributed by atoms with E-state index in [4.69, 9.17) is 5.14 Å². The first-order chi connectivity index (χ1) is 8.86. The quantitative estimate of drug-likeness (QED) is 0.802. The van der Waals surface area contributed by atoms with Crippen molar-refractivity contribution in [1.29, 1.82) is 0 Å². The molecule has 0 saturated carbocycles. The molecule has 3 N–H and O–H groups in total. The zero-order valence-electron chi connectivity index (χ0n) is 10.8. The number of primary sulfonamides is 1. The second kappa shape index (κ2) is 4.71. The highest BCUT2D eigenvalue weighted by molar-refractivity contribution is 8.01. The molecule has 19 heavy (non-hydrogen) atoms. The van der Waals surface area contributed by atoms with Crippen molar-refractivity contribution < 1.29 is 8.42 Å². The number of nitrogens with zero attached hydrogens (tertiary/aromatic N) is 1. The van der Waals surface area contributed by atoms with Crippen LogP contribution < -0.4 is 10.5 Å². The lowest BCUT2D eigenvalue weighted by Gasteiger charge is -2.45. The van der Waals surface area contributed by atoms with Crippen molar-refractivity contribution in [3.05, 3.63) is 11.6 Å². The van der Waals surface area contributed by atoms with Crippen LogP contribution in [0.25, 0.3) is 0 Å². The molecule has 3 rings (SSSR count). The Labute approximate surface area is 121 Å². The summed E-state index contributed by atoms with van der Waals surface area (Å²) in [7, 11) is -1.47. The van der Waals surface area contributed by atoms with Crippen LogP contribution in [0.4, 0.5) is 0 Å². The summed E-state index contributed by atoms with van der Waals surface area (Å²) in [5.41, 5.74) is 1.09. The van der Waals surface area contributed by atoms with Gasteiger partial charge in [-0.05, 0) is 25.6 Å². The van der Waals surface area contributed by atoms with Gasteiger partial charge in [0, 0.05) is 24.4 Å². The van der Waals surface area contributed by atoms with Gasteiger partial charge < -0.3 is 5.32 Å². The number of nitrogens with two attached hydrogens (primary N) is 1. The fraction of sp³-hybridized carbons (Fsp3) is 0.636. The van der Waals surface area contributed by atoms with Crippen LogP contribution >= 0.6 is 23.1 Å². The number of sulfonamides is 1. The average molecular weight is 319 g/mol. The molecule has 1 saturated heterocycles. The van der Waals surface area contributed by atoms with E-state index in [-0.39, 0.29) is 10.3 Å². The molecule has 0 radical (unpaired) electrons. The van der Waals surface area contributed by atoms with Crippen LogP contribution in [0.3, 0.4) is 0 Å². The van der Waals surface area contributed by atoms with Gasteiger partial charge in [-0.2, -0.15) is 0 Å². The molecule has 1 aromatic heterocycles. The van der Waals surface area contributed by atoms with Gasteiger partial charge in [0.25, 0.3) is 0 Å². The largest absolute Gasteiger partial charge is 0.305 e. The first kappa shape index (κ1) is 13.8. The molecule has 1 unspecified atom stereocenters. The zero-order valence-corrected chi connectivity index (χ0v) is 13.2. The third-order valence-corrected chi connectivity index (χ3v) is 7.66. The molecule has 8 heteroatoms. The minimum atomic E-state index is -3.60. The van der Waals surface area contributed by atoms with Crippen molar-refractivity contribution in [2.75, 3.05) is 19.3 Å². The third kappa shape index (κ3) is 2.45. The fourth-order valence-electron chi connectivity index (χ4n) is 2.81.